The predicted octanol–water partition coefficient (Wildman–Crippen LogP) is 4.12. The number of hydrogen-bond acceptors (Lipinski definition) is 4. The Hall–Kier alpha value is -1.68. The standard InChI is InChI=1S/C16H17NO2S/c1-2-10-19-12-8-6-11(7-9-12)16-17-13-4-3-5-14(18)15(13)20-16/h6-9H,2-5,10H2,1H3. The van der Waals surface area contributed by atoms with Gasteiger partial charge in [-0.15, -0.1) is 11.3 Å². The molecule has 1 aromatic heterocycles. The zero-order valence-electron chi connectivity index (χ0n) is 11.5. The molecule has 1 heterocycles. The van der Waals surface area contributed by atoms with Crippen LogP contribution in [-0.4, -0.2) is 17.4 Å². The summed E-state index contributed by atoms with van der Waals surface area (Å²) in [5.41, 5.74) is 2.04. The number of thiazole rings is 1. The van der Waals surface area contributed by atoms with Crippen LogP contribution in [0.4, 0.5) is 0 Å². The largest absolute Gasteiger partial charge is 0.494 e. The van der Waals surface area contributed by atoms with Crippen LogP contribution < -0.4 is 4.74 Å². The number of fused-ring (bicyclic) bond motifs is 1. The molecule has 0 saturated carbocycles. The van der Waals surface area contributed by atoms with Gasteiger partial charge in [0.1, 0.15) is 10.8 Å². The Labute approximate surface area is 122 Å². The van der Waals surface area contributed by atoms with Gasteiger partial charge in [-0.25, -0.2) is 4.98 Å². The van der Waals surface area contributed by atoms with E-state index in [1.165, 1.54) is 11.3 Å². The zero-order chi connectivity index (χ0) is 13.9. The summed E-state index contributed by atoms with van der Waals surface area (Å²) in [4.78, 5) is 17.3. The quantitative estimate of drug-likeness (QED) is 0.849. The van der Waals surface area contributed by atoms with E-state index in [1.54, 1.807) is 0 Å². The molecule has 0 unspecified atom stereocenters. The van der Waals surface area contributed by atoms with Gasteiger partial charge in [0.15, 0.2) is 5.78 Å². The molecule has 3 rings (SSSR count). The van der Waals surface area contributed by atoms with Crippen molar-refractivity contribution in [2.75, 3.05) is 6.61 Å². The maximum absolute atomic E-state index is 11.9. The van der Waals surface area contributed by atoms with Crippen molar-refractivity contribution in [2.24, 2.45) is 0 Å². The first kappa shape index (κ1) is 13.3. The van der Waals surface area contributed by atoms with Crippen molar-refractivity contribution in [1.29, 1.82) is 0 Å². The number of benzene rings is 1. The van der Waals surface area contributed by atoms with Crippen molar-refractivity contribution in [2.45, 2.75) is 32.6 Å². The Morgan fingerprint density at radius 1 is 1.25 bits per heavy atom. The summed E-state index contributed by atoms with van der Waals surface area (Å²) in [6, 6.07) is 7.96. The van der Waals surface area contributed by atoms with Crippen molar-refractivity contribution in [1.82, 2.24) is 4.98 Å². The first-order valence-corrected chi connectivity index (χ1v) is 7.85. The van der Waals surface area contributed by atoms with Gasteiger partial charge in [0.05, 0.1) is 17.2 Å². The zero-order valence-corrected chi connectivity index (χ0v) is 12.3. The highest BCUT2D eigenvalue weighted by Gasteiger charge is 2.22. The molecule has 0 fully saturated rings. The Balaban J connectivity index is 1.84. The third kappa shape index (κ3) is 2.61. The van der Waals surface area contributed by atoms with E-state index in [4.69, 9.17) is 4.74 Å². The molecular weight excluding hydrogens is 270 g/mol. The molecule has 1 aliphatic rings. The van der Waals surface area contributed by atoms with E-state index in [2.05, 4.69) is 11.9 Å². The molecule has 0 atom stereocenters. The smallest absolute Gasteiger partial charge is 0.174 e. The van der Waals surface area contributed by atoms with E-state index in [0.29, 0.717) is 6.42 Å². The number of ketones is 1. The van der Waals surface area contributed by atoms with Gasteiger partial charge < -0.3 is 4.74 Å². The third-order valence-electron chi connectivity index (χ3n) is 3.34. The van der Waals surface area contributed by atoms with E-state index in [-0.39, 0.29) is 5.78 Å². The molecule has 2 aromatic rings. The minimum Gasteiger partial charge on any atom is -0.494 e. The number of aromatic nitrogens is 1. The lowest BCUT2D eigenvalue weighted by Crippen LogP contribution is -2.07. The van der Waals surface area contributed by atoms with Crippen LogP contribution in [0.2, 0.25) is 0 Å². The van der Waals surface area contributed by atoms with Crippen molar-refractivity contribution >= 4 is 17.1 Å². The normalized spacial score (nSPS) is 14.2. The van der Waals surface area contributed by atoms with Gasteiger partial charge in [-0.3, -0.25) is 4.79 Å². The van der Waals surface area contributed by atoms with E-state index in [1.807, 2.05) is 24.3 Å². The molecular formula is C16H17NO2S. The summed E-state index contributed by atoms with van der Waals surface area (Å²) < 4.78 is 5.57. The highest BCUT2D eigenvalue weighted by molar-refractivity contribution is 7.17. The highest BCUT2D eigenvalue weighted by atomic mass is 32.1. The number of hydrogen-bond donors (Lipinski definition) is 0. The molecule has 4 heteroatoms. The average molecular weight is 287 g/mol. The molecule has 1 aromatic carbocycles. The first-order chi connectivity index (χ1) is 9.78. The molecule has 1 aliphatic carbocycles. The number of carbonyl (C=O) groups excluding carboxylic acids is 1. The van der Waals surface area contributed by atoms with E-state index >= 15 is 0 Å². The van der Waals surface area contributed by atoms with Crippen molar-refractivity contribution in [3.8, 4) is 16.3 Å². The number of nitrogens with zero attached hydrogens (tertiary/aromatic N) is 1. The van der Waals surface area contributed by atoms with Crippen LogP contribution in [-0.2, 0) is 6.42 Å². The van der Waals surface area contributed by atoms with Crippen LogP contribution in [0, 0.1) is 0 Å². The van der Waals surface area contributed by atoms with Crippen molar-refractivity contribution < 1.29 is 9.53 Å². The Kier molecular flexibility index (Phi) is 3.83. The third-order valence-corrected chi connectivity index (χ3v) is 4.53. The van der Waals surface area contributed by atoms with Gasteiger partial charge in [-0.1, -0.05) is 6.92 Å². The second kappa shape index (κ2) is 5.75. The fourth-order valence-corrected chi connectivity index (χ4v) is 3.39. The fourth-order valence-electron chi connectivity index (χ4n) is 2.31. The Bertz CT molecular complexity index is 616. The van der Waals surface area contributed by atoms with Crippen LogP contribution in [0.1, 0.15) is 41.6 Å². The maximum Gasteiger partial charge on any atom is 0.174 e. The van der Waals surface area contributed by atoms with Gasteiger partial charge in [0, 0.05) is 12.0 Å². The number of Topliss-reactive ketones (excluding diaryl/α,β-unsaturated/α-hetero) is 1. The average Bonchev–Trinajstić information content (AvgIpc) is 2.91. The molecule has 0 amide bonds. The lowest BCUT2D eigenvalue weighted by Gasteiger charge is -2.06. The summed E-state index contributed by atoms with van der Waals surface area (Å²) in [6.45, 7) is 2.82. The molecule has 3 nitrogen and oxygen atoms in total. The summed E-state index contributed by atoms with van der Waals surface area (Å²) in [7, 11) is 0. The molecule has 0 radical (unpaired) electrons. The molecule has 104 valence electrons. The van der Waals surface area contributed by atoms with Crippen molar-refractivity contribution in [3.05, 3.63) is 34.8 Å². The minimum atomic E-state index is 0.248. The monoisotopic (exact) mass is 287 g/mol. The molecule has 0 spiro atoms. The van der Waals surface area contributed by atoms with Crippen LogP contribution >= 0.6 is 11.3 Å². The van der Waals surface area contributed by atoms with Gasteiger partial charge in [-0.2, -0.15) is 0 Å². The van der Waals surface area contributed by atoms with Gasteiger partial charge in [0.25, 0.3) is 0 Å². The topological polar surface area (TPSA) is 39.2 Å². The number of carbonyl (C=O) groups is 1. The van der Waals surface area contributed by atoms with Crippen molar-refractivity contribution in [3.63, 3.8) is 0 Å². The summed E-state index contributed by atoms with van der Waals surface area (Å²) >= 11 is 1.52. The second-order valence-corrected chi connectivity index (χ2v) is 5.94. The lowest BCUT2D eigenvalue weighted by atomic mass is 10.0. The highest BCUT2D eigenvalue weighted by Crippen LogP contribution is 2.33. The Morgan fingerprint density at radius 2 is 2.05 bits per heavy atom. The van der Waals surface area contributed by atoms with Gasteiger partial charge >= 0.3 is 0 Å². The SMILES string of the molecule is CCCOc1ccc(-c2nc3c(s2)C(=O)CCC3)cc1. The molecule has 0 saturated heterocycles. The van der Waals surface area contributed by atoms with Crippen LogP contribution in [0.3, 0.4) is 0 Å². The number of aryl methyl sites for hydroxylation is 1. The first-order valence-electron chi connectivity index (χ1n) is 7.04. The molecule has 0 N–H and O–H groups in total. The second-order valence-electron chi connectivity index (χ2n) is 4.94. The van der Waals surface area contributed by atoms with E-state index in [9.17, 15) is 4.79 Å². The predicted molar refractivity (Wildman–Crippen MR) is 80.6 cm³/mol. The molecule has 20 heavy (non-hydrogen) atoms. The van der Waals surface area contributed by atoms with Crippen LogP contribution in [0.15, 0.2) is 24.3 Å². The lowest BCUT2D eigenvalue weighted by molar-refractivity contribution is 0.0976. The summed E-state index contributed by atoms with van der Waals surface area (Å²) in [5.74, 6) is 1.13. The summed E-state index contributed by atoms with van der Waals surface area (Å²) in [6.07, 6.45) is 3.52. The molecule has 0 bridgehead atoms. The van der Waals surface area contributed by atoms with Crippen LogP contribution in [0.5, 0.6) is 5.75 Å². The number of ether oxygens (including phenoxy) is 1. The Morgan fingerprint density at radius 3 is 2.75 bits per heavy atom. The minimum absolute atomic E-state index is 0.248. The summed E-state index contributed by atoms with van der Waals surface area (Å²) in [5, 5.41) is 0.937. The van der Waals surface area contributed by atoms with Gasteiger partial charge in [-0.05, 0) is 43.5 Å². The molecule has 0 aliphatic heterocycles. The fraction of sp³-hybridized carbons (Fsp3) is 0.375. The van der Waals surface area contributed by atoms with E-state index in [0.717, 1.165) is 52.8 Å². The van der Waals surface area contributed by atoms with Gasteiger partial charge in [0.2, 0.25) is 0 Å². The number of rotatable bonds is 4. The van der Waals surface area contributed by atoms with E-state index < -0.39 is 0 Å². The van der Waals surface area contributed by atoms with Crippen LogP contribution in [0.25, 0.3) is 10.6 Å². The maximum atomic E-state index is 11.9.